The highest BCUT2D eigenvalue weighted by Crippen LogP contribution is 2.34. The third-order valence-corrected chi connectivity index (χ3v) is 5.44. The van der Waals surface area contributed by atoms with Crippen molar-refractivity contribution in [1.82, 2.24) is 4.90 Å². The minimum atomic E-state index is -0.235. The molecule has 1 saturated heterocycles. The standard InChI is InChI=1S/C21H27NO4S2/c1-3-5-14-25-17-10-7-6-9-16(17)15-18-20(24)22(21(27)28-18)12-8-11-19(23)26-13-4-2/h6-7,9-10,15H,3-5,8,11-14H2,1-2H3/b18-15+. The fourth-order valence-electron chi connectivity index (χ4n) is 2.56. The van der Waals surface area contributed by atoms with Crippen LogP contribution in [0, 0.1) is 0 Å². The maximum atomic E-state index is 12.7. The molecule has 7 heteroatoms. The van der Waals surface area contributed by atoms with Crippen molar-refractivity contribution in [2.45, 2.75) is 46.0 Å². The van der Waals surface area contributed by atoms with Crippen LogP contribution in [0.2, 0.25) is 0 Å². The predicted molar refractivity (Wildman–Crippen MR) is 117 cm³/mol. The number of para-hydroxylation sites is 1. The number of carbonyl (C=O) groups excluding carboxylic acids is 2. The Morgan fingerprint density at radius 1 is 1.18 bits per heavy atom. The van der Waals surface area contributed by atoms with Crippen LogP contribution < -0.4 is 4.74 Å². The first-order chi connectivity index (χ1) is 13.6. The fraction of sp³-hybridized carbons (Fsp3) is 0.476. The number of benzene rings is 1. The van der Waals surface area contributed by atoms with E-state index in [0.717, 1.165) is 30.6 Å². The zero-order valence-corrected chi connectivity index (χ0v) is 18.1. The average molecular weight is 422 g/mol. The van der Waals surface area contributed by atoms with Crippen LogP contribution in [0.15, 0.2) is 29.2 Å². The van der Waals surface area contributed by atoms with E-state index >= 15 is 0 Å². The maximum absolute atomic E-state index is 12.7. The first-order valence-corrected chi connectivity index (χ1v) is 10.9. The van der Waals surface area contributed by atoms with Crippen LogP contribution in [0.3, 0.4) is 0 Å². The Labute approximate surface area is 176 Å². The molecule has 1 amide bonds. The molecule has 5 nitrogen and oxygen atoms in total. The first kappa shape index (κ1) is 22.4. The second-order valence-corrected chi connectivity index (χ2v) is 8.07. The third kappa shape index (κ3) is 6.63. The van der Waals surface area contributed by atoms with Crippen LogP contribution >= 0.6 is 24.0 Å². The van der Waals surface area contributed by atoms with E-state index in [1.165, 1.54) is 11.8 Å². The lowest BCUT2D eigenvalue weighted by Crippen LogP contribution is -2.29. The van der Waals surface area contributed by atoms with Gasteiger partial charge in [0.1, 0.15) is 10.1 Å². The predicted octanol–water partition coefficient (Wildman–Crippen LogP) is 4.80. The number of unbranched alkanes of at least 4 members (excludes halogenated alkanes) is 1. The molecule has 0 atom stereocenters. The van der Waals surface area contributed by atoms with E-state index < -0.39 is 0 Å². The van der Waals surface area contributed by atoms with Crippen LogP contribution in [-0.4, -0.2) is 40.9 Å². The van der Waals surface area contributed by atoms with Gasteiger partial charge in [-0.05, 0) is 31.4 Å². The molecule has 0 bridgehead atoms. The van der Waals surface area contributed by atoms with Crippen molar-refractivity contribution in [3.8, 4) is 5.75 Å². The summed E-state index contributed by atoms with van der Waals surface area (Å²) in [6.07, 6.45) is 5.48. The molecule has 152 valence electrons. The summed E-state index contributed by atoms with van der Waals surface area (Å²) in [6.45, 7) is 5.56. The smallest absolute Gasteiger partial charge is 0.305 e. The van der Waals surface area contributed by atoms with Gasteiger partial charge in [0.2, 0.25) is 0 Å². The fourth-order valence-corrected chi connectivity index (χ4v) is 3.86. The van der Waals surface area contributed by atoms with Gasteiger partial charge in [-0.1, -0.05) is 62.4 Å². The van der Waals surface area contributed by atoms with Crippen molar-refractivity contribution in [2.24, 2.45) is 0 Å². The molecular formula is C21H27NO4S2. The molecule has 1 heterocycles. The Kier molecular flexibility index (Phi) is 9.50. The summed E-state index contributed by atoms with van der Waals surface area (Å²) < 4.78 is 11.4. The van der Waals surface area contributed by atoms with Crippen LogP contribution in [0.5, 0.6) is 5.75 Å². The van der Waals surface area contributed by atoms with Gasteiger partial charge in [0, 0.05) is 18.5 Å². The summed E-state index contributed by atoms with van der Waals surface area (Å²) >= 11 is 6.64. The number of carbonyl (C=O) groups is 2. The van der Waals surface area contributed by atoms with Gasteiger partial charge in [-0.25, -0.2) is 0 Å². The molecule has 0 aromatic heterocycles. The van der Waals surface area contributed by atoms with Crippen LogP contribution in [0.4, 0.5) is 0 Å². The molecule has 1 fully saturated rings. The van der Waals surface area contributed by atoms with Crippen molar-refractivity contribution in [3.63, 3.8) is 0 Å². The molecule has 0 saturated carbocycles. The number of esters is 1. The largest absolute Gasteiger partial charge is 0.493 e. The number of rotatable bonds is 11. The van der Waals surface area contributed by atoms with E-state index in [-0.39, 0.29) is 18.3 Å². The minimum absolute atomic E-state index is 0.125. The van der Waals surface area contributed by atoms with Crippen LogP contribution in [0.25, 0.3) is 6.08 Å². The van der Waals surface area contributed by atoms with Crippen molar-refractivity contribution in [2.75, 3.05) is 19.8 Å². The number of hydrogen-bond acceptors (Lipinski definition) is 6. The molecule has 1 aliphatic rings. The maximum Gasteiger partial charge on any atom is 0.305 e. The Morgan fingerprint density at radius 3 is 2.71 bits per heavy atom. The Hall–Kier alpha value is -1.86. The lowest BCUT2D eigenvalue weighted by Gasteiger charge is -2.14. The van der Waals surface area contributed by atoms with Gasteiger partial charge in [-0.15, -0.1) is 0 Å². The Bertz CT molecular complexity index is 733. The molecule has 0 aliphatic carbocycles. The lowest BCUT2D eigenvalue weighted by molar-refractivity contribution is -0.144. The van der Waals surface area contributed by atoms with Crippen molar-refractivity contribution < 1.29 is 19.1 Å². The van der Waals surface area contributed by atoms with Gasteiger partial charge in [-0.3, -0.25) is 14.5 Å². The zero-order valence-electron chi connectivity index (χ0n) is 16.4. The summed E-state index contributed by atoms with van der Waals surface area (Å²) in [6, 6.07) is 7.67. The Morgan fingerprint density at radius 2 is 1.96 bits per heavy atom. The average Bonchev–Trinajstić information content (AvgIpc) is 2.95. The number of amides is 1. The summed E-state index contributed by atoms with van der Waals surface area (Å²) in [4.78, 5) is 26.5. The molecule has 0 unspecified atom stereocenters. The second-order valence-electron chi connectivity index (χ2n) is 6.40. The first-order valence-electron chi connectivity index (χ1n) is 9.69. The molecule has 0 spiro atoms. The summed E-state index contributed by atoms with van der Waals surface area (Å²) in [7, 11) is 0. The van der Waals surface area contributed by atoms with E-state index in [0.29, 0.717) is 35.4 Å². The second kappa shape index (κ2) is 11.9. The zero-order chi connectivity index (χ0) is 20.4. The van der Waals surface area contributed by atoms with E-state index in [4.69, 9.17) is 21.7 Å². The van der Waals surface area contributed by atoms with E-state index in [1.807, 2.05) is 37.3 Å². The SMILES string of the molecule is CCCCOc1ccccc1/C=C1/SC(=S)N(CCCC(=O)OCCC)C1=O. The molecule has 2 rings (SSSR count). The van der Waals surface area contributed by atoms with Gasteiger partial charge in [0.05, 0.1) is 18.1 Å². The van der Waals surface area contributed by atoms with E-state index in [2.05, 4.69) is 6.92 Å². The molecule has 28 heavy (non-hydrogen) atoms. The highest BCUT2D eigenvalue weighted by molar-refractivity contribution is 8.26. The summed E-state index contributed by atoms with van der Waals surface area (Å²) in [5.74, 6) is 0.404. The molecule has 0 N–H and O–H groups in total. The van der Waals surface area contributed by atoms with Crippen molar-refractivity contribution in [1.29, 1.82) is 0 Å². The van der Waals surface area contributed by atoms with E-state index in [1.54, 1.807) is 4.90 Å². The highest BCUT2D eigenvalue weighted by atomic mass is 32.2. The van der Waals surface area contributed by atoms with Crippen LogP contribution in [-0.2, 0) is 14.3 Å². The molecular weight excluding hydrogens is 394 g/mol. The molecule has 1 aromatic rings. The van der Waals surface area contributed by atoms with Crippen LogP contribution in [0.1, 0.15) is 51.5 Å². The normalized spacial score (nSPS) is 15.4. The van der Waals surface area contributed by atoms with Gasteiger partial charge < -0.3 is 9.47 Å². The van der Waals surface area contributed by atoms with Gasteiger partial charge in [0.15, 0.2) is 0 Å². The van der Waals surface area contributed by atoms with Gasteiger partial charge >= 0.3 is 5.97 Å². The Balaban J connectivity index is 1.98. The number of ether oxygens (including phenoxy) is 2. The molecule has 0 radical (unpaired) electrons. The van der Waals surface area contributed by atoms with Gasteiger partial charge in [-0.2, -0.15) is 0 Å². The monoisotopic (exact) mass is 421 g/mol. The summed E-state index contributed by atoms with van der Waals surface area (Å²) in [5, 5.41) is 0. The number of thioether (sulfide) groups is 1. The number of nitrogens with zero attached hydrogens (tertiary/aromatic N) is 1. The number of thiocarbonyl (C=S) groups is 1. The van der Waals surface area contributed by atoms with E-state index in [9.17, 15) is 9.59 Å². The third-order valence-electron chi connectivity index (χ3n) is 4.06. The quantitative estimate of drug-likeness (QED) is 0.221. The van der Waals surface area contributed by atoms with Crippen molar-refractivity contribution in [3.05, 3.63) is 34.7 Å². The minimum Gasteiger partial charge on any atom is -0.493 e. The summed E-state index contributed by atoms with van der Waals surface area (Å²) in [5.41, 5.74) is 0.863. The molecule has 1 aliphatic heterocycles. The van der Waals surface area contributed by atoms with Crippen molar-refractivity contribution >= 4 is 46.3 Å². The lowest BCUT2D eigenvalue weighted by atomic mass is 10.2. The topological polar surface area (TPSA) is 55.8 Å². The van der Waals surface area contributed by atoms with Gasteiger partial charge in [0.25, 0.3) is 5.91 Å². The molecule has 1 aromatic carbocycles. The number of hydrogen-bond donors (Lipinski definition) is 0. The highest BCUT2D eigenvalue weighted by Gasteiger charge is 2.31.